The van der Waals surface area contributed by atoms with Crippen molar-refractivity contribution in [2.75, 3.05) is 18.0 Å². The Hall–Kier alpha value is -2.79. The Kier molecular flexibility index (Phi) is 5.63. The van der Waals surface area contributed by atoms with Crippen molar-refractivity contribution >= 4 is 5.69 Å². The van der Waals surface area contributed by atoms with E-state index in [-0.39, 0.29) is 0 Å². The molecule has 0 spiro atoms. The fourth-order valence-corrected chi connectivity index (χ4v) is 3.77. The van der Waals surface area contributed by atoms with E-state index in [1.54, 1.807) is 0 Å². The number of nitrogens with one attached hydrogen (secondary N) is 1. The fourth-order valence-electron chi connectivity index (χ4n) is 3.77. The van der Waals surface area contributed by atoms with Gasteiger partial charge in [0, 0.05) is 49.3 Å². The Morgan fingerprint density at radius 3 is 2.64 bits per heavy atom. The Balaban J connectivity index is 1.36. The standard InChI is InChI=1S/C23H27N5/c1-17-5-4-11-25-23(17)16-26-20-9-13-28(14-10-20)21-7-3-6-19(15-21)22-8-12-24-18(2)27-22/h3-8,11-12,15,20,26H,9-10,13-14,16H2,1-2H3. The molecule has 3 heterocycles. The molecule has 1 saturated heterocycles. The number of pyridine rings is 1. The molecule has 1 aliphatic rings. The topological polar surface area (TPSA) is 53.9 Å². The van der Waals surface area contributed by atoms with Crippen molar-refractivity contribution in [2.45, 2.75) is 39.3 Å². The minimum absolute atomic E-state index is 0.547. The second kappa shape index (κ2) is 8.48. The van der Waals surface area contributed by atoms with Gasteiger partial charge < -0.3 is 10.2 Å². The molecule has 5 heteroatoms. The van der Waals surface area contributed by atoms with Gasteiger partial charge in [-0.25, -0.2) is 9.97 Å². The summed E-state index contributed by atoms with van der Waals surface area (Å²) in [5.74, 6) is 0.804. The van der Waals surface area contributed by atoms with E-state index in [4.69, 9.17) is 0 Å². The normalized spacial score (nSPS) is 15.0. The van der Waals surface area contributed by atoms with Crippen molar-refractivity contribution in [1.29, 1.82) is 0 Å². The van der Waals surface area contributed by atoms with Gasteiger partial charge >= 0.3 is 0 Å². The lowest BCUT2D eigenvalue weighted by Crippen LogP contribution is -2.42. The molecule has 4 rings (SSSR count). The summed E-state index contributed by atoms with van der Waals surface area (Å²) in [4.78, 5) is 15.7. The lowest BCUT2D eigenvalue weighted by molar-refractivity contribution is 0.411. The molecule has 0 aliphatic carbocycles. The highest BCUT2D eigenvalue weighted by atomic mass is 15.1. The number of hydrogen-bond acceptors (Lipinski definition) is 5. The maximum absolute atomic E-state index is 4.56. The zero-order valence-corrected chi connectivity index (χ0v) is 16.6. The van der Waals surface area contributed by atoms with Crippen LogP contribution < -0.4 is 10.2 Å². The predicted molar refractivity (Wildman–Crippen MR) is 113 cm³/mol. The molecule has 144 valence electrons. The van der Waals surface area contributed by atoms with Crippen LogP contribution in [0.3, 0.4) is 0 Å². The van der Waals surface area contributed by atoms with Crippen LogP contribution in [0, 0.1) is 13.8 Å². The zero-order valence-electron chi connectivity index (χ0n) is 16.6. The number of aromatic nitrogens is 3. The molecule has 5 nitrogen and oxygen atoms in total. The fraction of sp³-hybridized carbons (Fsp3) is 0.348. The first-order valence-electron chi connectivity index (χ1n) is 9.98. The highest BCUT2D eigenvalue weighted by Gasteiger charge is 2.19. The average molecular weight is 374 g/mol. The van der Waals surface area contributed by atoms with Crippen molar-refractivity contribution in [2.24, 2.45) is 0 Å². The molecule has 1 fully saturated rings. The average Bonchev–Trinajstić information content (AvgIpc) is 2.74. The van der Waals surface area contributed by atoms with E-state index in [9.17, 15) is 0 Å². The third-order valence-electron chi connectivity index (χ3n) is 5.45. The summed E-state index contributed by atoms with van der Waals surface area (Å²) in [5.41, 5.74) is 5.81. The first-order valence-corrected chi connectivity index (χ1v) is 9.98. The van der Waals surface area contributed by atoms with Gasteiger partial charge in [0.15, 0.2) is 0 Å². The highest BCUT2D eigenvalue weighted by molar-refractivity contribution is 5.65. The maximum atomic E-state index is 4.56. The van der Waals surface area contributed by atoms with Crippen LogP contribution in [0.25, 0.3) is 11.3 Å². The first-order chi connectivity index (χ1) is 13.7. The SMILES string of the molecule is Cc1nccc(-c2cccc(N3CCC(NCc4ncccc4C)CC3)c2)n1. The van der Waals surface area contributed by atoms with Crippen molar-refractivity contribution < 1.29 is 0 Å². The number of nitrogens with zero attached hydrogens (tertiary/aromatic N) is 4. The predicted octanol–water partition coefficient (Wildman–Crippen LogP) is 3.91. The molecule has 2 aromatic heterocycles. The minimum atomic E-state index is 0.547. The summed E-state index contributed by atoms with van der Waals surface area (Å²) >= 11 is 0. The van der Waals surface area contributed by atoms with Gasteiger partial charge in [0.05, 0.1) is 11.4 Å². The van der Waals surface area contributed by atoms with E-state index < -0.39 is 0 Å². The Morgan fingerprint density at radius 2 is 1.86 bits per heavy atom. The van der Waals surface area contributed by atoms with Gasteiger partial charge in [0.25, 0.3) is 0 Å². The van der Waals surface area contributed by atoms with Crippen molar-refractivity contribution in [3.8, 4) is 11.3 Å². The second-order valence-corrected chi connectivity index (χ2v) is 7.45. The summed E-state index contributed by atoms with van der Waals surface area (Å²) in [7, 11) is 0. The second-order valence-electron chi connectivity index (χ2n) is 7.45. The molecule has 0 bridgehead atoms. The summed E-state index contributed by atoms with van der Waals surface area (Å²) in [6.07, 6.45) is 5.98. The Labute approximate surface area is 166 Å². The van der Waals surface area contributed by atoms with Crippen LogP contribution in [0.4, 0.5) is 5.69 Å². The zero-order chi connectivity index (χ0) is 19.3. The van der Waals surface area contributed by atoms with Crippen LogP contribution >= 0.6 is 0 Å². The number of rotatable bonds is 5. The van der Waals surface area contributed by atoms with E-state index in [0.29, 0.717) is 6.04 Å². The molecule has 1 aliphatic heterocycles. The lowest BCUT2D eigenvalue weighted by atomic mass is 10.0. The van der Waals surface area contributed by atoms with Gasteiger partial charge in [-0.15, -0.1) is 0 Å². The molecule has 0 amide bonds. The lowest BCUT2D eigenvalue weighted by Gasteiger charge is -2.34. The van der Waals surface area contributed by atoms with Crippen molar-refractivity contribution in [3.05, 3.63) is 71.9 Å². The third-order valence-corrected chi connectivity index (χ3v) is 5.45. The summed E-state index contributed by atoms with van der Waals surface area (Å²) < 4.78 is 0. The maximum Gasteiger partial charge on any atom is 0.125 e. The molecule has 3 aromatic rings. The molecule has 0 saturated carbocycles. The van der Waals surface area contributed by atoms with Crippen LogP contribution in [0.5, 0.6) is 0 Å². The molecule has 1 aromatic carbocycles. The van der Waals surface area contributed by atoms with E-state index in [0.717, 1.165) is 55.3 Å². The Morgan fingerprint density at radius 1 is 1.00 bits per heavy atom. The van der Waals surface area contributed by atoms with Gasteiger partial charge in [-0.1, -0.05) is 18.2 Å². The monoisotopic (exact) mass is 373 g/mol. The molecule has 28 heavy (non-hydrogen) atoms. The molecular weight excluding hydrogens is 346 g/mol. The highest BCUT2D eigenvalue weighted by Crippen LogP contribution is 2.25. The molecular formula is C23H27N5. The number of anilines is 1. The largest absolute Gasteiger partial charge is 0.371 e. The summed E-state index contributed by atoms with van der Waals surface area (Å²) in [6, 6.07) is 15.3. The molecule has 0 atom stereocenters. The minimum Gasteiger partial charge on any atom is -0.371 e. The van der Waals surface area contributed by atoms with E-state index in [1.165, 1.54) is 11.3 Å². The van der Waals surface area contributed by atoms with Crippen LogP contribution in [0.15, 0.2) is 54.9 Å². The third kappa shape index (κ3) is 4.37. The quantitative estimate of drug-likeness (QED) is 0.735. The smallest absolute Gasteiger partial charge is 0.125 e. The van der Waals surface area contributed by atoms with Gasteiger partial charge in [-0.2, -0.15) is 0 Å². The number of hydrogen-bond donors (Lipinski definition) is 1. The molecule has 1 N–H and O–H groups in total. The van der Waals surface area contributed by atoms with Crippen LogP contribution in [-0.2, 0) is 6.54 Å². The van der Waals surface area contributed by atoms with Crippen molar-refractivity contribution in [1.82, 2.24) is 20.3 Å². The van der Waals surface area contributed by atoms with Gasteiger partial charge in [0.1, 0.15) is 5.82 Å². The van der Waals surface area contributed by atoms with Gasteiger partial charge in [-0.05, 0) is 56.5 Å². The van der Waals surface area contributed by atoms with E-state index in [2.05, 4.69) is 62.4 Å². The van der Waals surface area contributed by atoms with E-state index in [1.807, 2.05) is 31.5 Å². The molecule has 0 unspecified atom stereocenters. The first kappa shape index (κ1) is 18.6. The van der Waals surface area contributed by atoms with Crippen LogP contribution in [0.1, 0.15) is 29.9 Å². The van der Waals surface area contributed by atoms with Crippen LogP contribution in [0.2, 0.25) is 0 Å². The number of piperidine rings is 1. The number of aryl methyl sites for hydroxylation is 2. The number of benzene rings is 1. The molecule has 0 radical (unpaired) electrons. The van der Waals surface area contributed by atoms with Gasteiger partial charge in [0.2, 0.25) is 0 Å². The van der Waals surface area contributed by atoms with Crippen molar-refractivity contribution in [3.63, 3.8) is 0 Å². The van der Waals surface area contributed by atoms with Gasteiger partial charge in [-0.3, -0.25) is 4.98 Å². The Bertz CT molecular complexity index is 932. The van der Waals surface area contributed by atoms with Crippen LogP contribution in [-0.4, -0.2) is 34.1 Å². The summed E-state index contributed by atoms with van der Waals surface area (Å²) in [5, 5.41) is 3.69. The van der Waals surface area contributed by atoms with E-state index >= 15 is 0 Å². The summed E-state index contributed by atoms with van der Waals surface area (Å²) in [6.45, 7) is 7.02.